The van der Waals surface area contributed by atoms with Crippen LogP contribution in [0.2, 0.25) is 0 Å². The van der Waals surface area contributed by atoms with Crippen LogP contribution in [-0.4, -0.2) is 24.8 Å². The van der Waals surface area contributed by atoms with E-state index in [1.165, 1.54) is 0 Å². The molecule has 1 saturated heterocycles. The van der Waals surface area contributed by atoms with Crippen LogP contribution >= 0.6 is 0 Å². The lowest BCUT2D eigenvalue weighted by Gasteiger charge is -2.37. The molecule has 20 heavy (non-hydrogen) atoms. The Kier molecular flexibility index (Phi) is 4.04. The fourth-order valence-electron chi connectivity index (χ4n) is 2.51. The van der Waals surface area contributed by atoms with E-state index in [4.69, 9.17) is 15.2 Å². The zero-order valence-electron chi connectivity index (χ0n) is 12.4. The molecule has 1 fully saturated rings. The van der Waals surface area contributed by atoms with Crippen molar-refractivity contribution in [2.45, 2.75) is 44.6 Å². The number of rotatable bonds is 2. The van der Waals surface area contributed by atoms with Crippen molar-refractivity contribution < 1.29 is 14.3 Å². The van der Waals surface area contributed by atoms with Gasteiger partial charge in [-0.2, -0.15) is 0 Å². The van der Waals surface area contributed by atoms with Gasteiger partial charge in [0.15, 0.2) is 0 Å². The van der Waals surface area contributed by atoms with E-state index < -0.39 is 11.0 Å². The van der Waals surface area contributed by atoms with Gasteiger partial charge < -0.3 is 15.2 Å². The largest absolute Gasteiger partial charge is 0.459 e. The van der Waals surface area contributed by atoms with Crippen LogP contribution in [0.5, 0.6) is 0 Å². The van der Waals surface area contributed by atoms with Gasteiger partial charge in [0.2, 0.25) is 0 Å². The van der Waals surface area contributed by atoms with Crippen LogP contribution in [0.1, 0.15) is 39.2 Å². The molecule has 0 spiro atoms. The van der Waals surface area contributed by atoms with E-state index in [0.717, 1.165) is 5.56 Å². The number of benzene rings is 1. The fourth-order valence-corrected chi connectivity index (χ4v) is 2.51. The Balaban J connectivity index is 2.35. The summed E-state index contributed by atoms with van der Waals surface area (Å²) in [6, 6.07) is 7.50. The van der Waals surface area contributed by atoms with Gasteiger partial charge in [-0.3, -0.25) is 4.79 Å². The third kappa shape index (κ3) is 3.12. The van der Waals surface area contributed by atoms with E-state index in [1.54, 1.807) is 0 Å². The molecule has 1 heterocycles. The van der Waals surface area contributed by atoms with Crippen molar-refractivity contribution in [2.75, 3.05) is 18.9 Å². The molecule has 4 heteroatoms. The van der Waals surface area contributed by atoms with Crippen LogP contribution in [0.25, 0.3) is 0 Å². The summed E-state index contributed by atoms with van der Waals surface area (Å²) in [5.41, 5.74) is 6.29. The molecule has 0 radical (unpaired) electrons. The van der Waals surface area contributed by atoms with Crippen LogP contribution in [0.4, 0.5) is 5.69 Å². The predicted octanol–water partition coefficient (Wildman–Crippen LogP) is 2.66. The van der Waals surface area contributed by atoms with Gasteiger partial charge >= 0.3 is 5.97 Å². The summed E-state index contributed by atoms with van der Waals surface area (Å²) in [6.45, 7) is 6.82. The highest BCUT2D eigenvalue weighted by Gasteiger charge is 2.44. The molecule has 0 saturated carbocycles. The average Bonchev–Trinajstić information content (AvgIpc) is 2.38. The molecule has 0 aliphatic carbocycles. The van der Waals surface area contributed by atoms with E-state index in [-0.39, 0.29) is 5.97 Å². The molecular formula is C16H23NO3. The Morgan fingerprint density at radius 2 is 1.75 bits per heavy atom. The summed E-state index contributed by atoms with van der Waals surface area (Å²) in [5.74, 6) is -0.168. The zero-order valence-corrected chi connectivity index (χ0v) is 12.4. The minimum Gasteiger partial charge on any atom is -0.459 e. The van der Waals surface area contributed by atoms with Crippen molar-refractivity contribution in [1.82, 2.24) is 0 Å². The maximum atomic E-state index is 12.7. The Hall–Kier alpha value is -1.55. The van der Waals surface area contributed by atoms with E-state index >= 15 is 0 Å². The molecule has 0 aromatic heterocycles. The summed E-state index contributed by atoms with van der Waals surface area (Å²) in [7, 11) is 0. The van der Waals surface area contributed by atoms with Gasteiger partial charge in [-0.25, -0.2) is 0 Å². The summed E-state index contributed by atoms with van der Waals surface area (Å²) in [4.78, 5) is 12.7. The quantitative estimate of drug-likeness (QED) is 0.667. The minimum absolute atomic E-state index is 0.168. The van der Waals surface area contributed by atoms with Gasteiger partial charge in [0.1, 0.15) is 5.60 Å². The molecule has 0 bridgehead atoms. The van der Waals surface area contributed by atoms with Crippen LogP contribution in [0, 0.1) is 0 Å². The Labute approximate surface area is 120 Å². The van der Waals surface area contributed by atoms with Gasteiger partial charge in [-0.1, -0.05) is 12.1 Å². The van der Waals surface area contributed by atoms with E-state index in [1.807, 2.05) is 45.0 Å². The molecule has 0 unspecified atom stereocenters. The second-order valence-electron chi connectivity index (χ2n) is 6.32. The number of carbonyl (C=O) groups excluding carboxylic acids is 1. The lowest BCUT2D eigenvalue weighted by molar-refractivity contribution is -0.166. The predicted molar refractivity (Wildman–Crippen MR) is 78.4 cm³/mol. The lowest BCUT2D eigenvalue weighted by atomic mass is 9.74. The molecule has 1 aliphatic rings. The normalized spacial score (nSPS) is 18.6. The zero-order chi connectivity index (χ0) is 14.8. The number of carbonyl (C=O) groups is 1. The maximum Gasteiger partial charge on any atom is 0.317 e. The van der Waals surface area contributed by atoms with E-state index in [0.29, 0.717) is 31.7 Å². The molecule has 2 N–H and O–H groups in total. The summed E-state index contributed by atoms with van der Waals surface area (Å²) in [5, 5.41) is 0. The number of hydrogen-bond acceptors (Lipinski definition) is 4. The number of ether oxygens (including phenoxy) is 2. The highest BCUT2D eigenvalue weighted by Crippen LogP contribution is 2.37. The Morgan fingerprint density at radius 1 is 1.20 bits per heavy atom. The number of hydrogen-bond donors (Lipinski definition) is 1. The summed E-state index contributed by atoms with van der Waals surface area (Å²) in [6.07, 6.45) is 1.29. The summed E-state index contributed by atoms with van der Waals surface area (Å²) < 4.78 is 11.1. The van der Waals surface area contributed by atoms with Gasteiger partial charge in [0.05, 0.1) is 5.41 Å². The van der Waals surface area contributed by atoms with Crippen LogP contribution in [-0.2, 0) is 19.7 Å². The van der Waals surface area contributed by atoms with Crippen molar-refractivity contribution in [3.8, 4) is 0 Å². The van der Waals surface area contributed by atoms with E-state index in [9.17, 15) is 4.79 Å². The lowest BCUT2D eigenvalue weighted by Crippen LogP contribution is -2.45. The van der Waals surface area contributed by atoms with Crippen LogP contribution in [0.15, 0.2) is 24.3 Å². The highest BCUT2D eigenvalue weighted by atomic mass is 16.6. The smallest absolute Gasteiger partial charge is 0.317 e. The van der Waals surface area contributed by atoms with Gasteiger partial charge in [-0.15, -0.1) is 0 Å². The van der Waals surface area contributed by atoms with Crippen LogP contribution < -0.4 is 5.73 Å². The first-order chi connectivity index (χ1) is 9.33. The molecule has 1 aliphatic heterocycles. The standard InChI is InChI=1S/C16H23NO3/c1-15(2,3)20-14(18)16(8-10-19-11-9-16)12-4-6-13(17)7-5-12/h4-7H,8-11,17H2,1-3H3. The third-order valence-corrected chi connectivity index (χ3v) is 3.60. The first-order valence-corrected chi connectivity index (χ1v) is 7.01. The molecule has 1 aromatic carbocycles. The van der Waals surface area contributed by atoms with Crippen molar-refractivity contribution in [2.24, 2.45) is 0 Å². The van der Waals surface area contributed by atoms with Crippen molar-refractivity contribution in [3.05, 3.63) is 29.8 Å². The second-order valence-corrected chi connectivity index (χ2v) is 6.32. The number of nitrogen functional groups attached to an aromatic ring is 1. The monoisotopic (exact) mass is 277 g/mol. The van der Waals surface area contributed by atoms with Gasteiger partial charge in [0, 0.05) is 18.9 Å². The number of anilines is 1. The highest BCUT2D eigenvalue weighted by molar-refractivity contribution is 5.84. The summed E-state index contributed by atoms with van der Waals surface area (Å²) >= 11 is 0. The molecule has 0 amide bonds. The molecule has 0 atom stereocenters. The molecule has 4 nitrogen and oxygen atoms in total. The molecule has 1 aromatic rings. The van der Waals surface area contributed by atoms with E-state index in [2.05, 4.69) is 0 Å². The average molecular weight is 277 g/mol. The first-order valence-electron chi connectivity index (χ1n) is 7.01. The minimum atomic E-state index is -0.612. The molecule has 2 rings (SSSR count). The molecular weight excluding hydrogens is 254 g/mol. The van der Waals surface area contributed by atoms with Crippen molar-refractivity contribution >= 4 is 11.7 Å². The maximum absolute atomic E-state index is 12.7. The van der Waals surface area contributed by atoms with Crippen molar-refractivity contribution in [3.63, 3.8) is 0 Å². The fraction of sp³-hybridized carbons (Fsp3) is 0.562. The number of esters is 1. The van der Waals surface area contributed by atoms with Gasteiger partial charge in [0.25, 0.3) is 0 Å². The second kappa shape index (κ2) is 5.44. The SMILES string of the molecule is CC(C)(C)OC(=O)C1(c2ccc(N)cc2)CCOCC1. The Morgan fingerprint density at radius 3 is 2.25 bits per heavy atom. The third-order valence-electron chi connectivity index (χ3n) is 3.60. The van der Waals surface area contributed by atoms with Crippen LogP contribution in [0.3, 0.4) is 0 Å². The molecule has 110 valence electrons. The number of nitrogens with two attached hydrogens (primary N) is 1. The Bertz CT molecular complexity index is 467. The topological polar surface area (TPSA) is 61.5 Å². The van der Waals surface area contributed by atoms with Gasteiger partial charge in [-0.05, 0) is 51.3 Å². The van der Waals surface area contributed by atoms with Crippen molar-refractivity contribution in [1.29, 1.82) is 0 Å². The first kappa shape index (κ1) is 14.9.